The minimum Gasteiger partial charge on any atom is -0.376 e. The monoisotopic (exact) mass is 487 g/mol. The summed E-state index contributed by atoms with van der Waals surface area (Å²) in [5.41, 5.74) is 3.78. The van der Waals surface area contributed by atoms with Crippen LogP contribution in [0.1, 0.15) is 30.4 Å². The number of amidine groups is 1. The molecule has 7 heteroatoms. The van der Waals surface area contributed by atoms with Gasteiger partial charge in [0.25, 0.3) is 0 Å². The smallest absolute Gasteiger partial charge is 0.242 e. The zero-order valence-electron chi connectivity index (χ0n) is 20.0. The van der Waals surface area contributed by atoms with E-state index < -0.39 is 5.25 Å². The van der Waals surface area contributed by atoms with Crippen LogP contribution in [0.25, 0.3) is 10.8 Å². The maximum atomic E-state index is 13.4. The van der Waals surface area contributed by atoms with E-state index in [1.165, 1.54) is 11.8 Å². The molecular weight excluding hydrogens is 458 g/mol. The van der Waals surface area contributed by atoms with Crippen molar-refractivity contribution in [2.45, 2.75) is 44.5 Å². The lowest BCUT2D eigenvalue weighted by Gasteiger charge is -2.20. The van der Waals surface area contributed by atoms with Gasteiger partial charge in [-0.1, -0.05) is 48.2 Å². The van der Waals surface area contributed by atoms with Gasteiger partial charge in [0.15, 0.2) is 5.17 Å². The molecule has 6 nitrogen and oxygen atoms in total. The molecule has 180 valence electrons. The Morgan fingerprint density at radius 1 is 1.09 bits per heavy atom. The van der Waals surface area contributed by atoms with Crippen LogP contribution in [0.2, 0.25) is 0 Å². The third-order valence-corrected chi connectivity index (χ3v) is 7.44. The van der Waals surface area contributed by atoms with E-state index in [0.29, 0.717) is 11.7 Å². The number of benzene rings is 3. The van der Waals surface area contributed by atoms with Crippen LogP contribution in [-0.4, -0.2) is 46.4 Å². The quantitative estimate of drug-likeness (QED) is 0.492. The SMILES string of the molecule is Cc1cc(C)cc(N=C2SC(CC(=O)Nc3ccc4ccccc4c3)C(=O)N2CC2CCCO2)c1. The molecule has 0 aliphatic carbocycles. The summed E-state index contributed by atoms with van der Waals surface area (Å²) in [4.78, 5) is 32.8. The lowest BCUT2D eigenvalue weighted by Crippen LogP contribution is -2.38. The highest BCUT2D eigenvalue weighted by molar-refractivity contribution is 8.15. The Kier molecular flexibility index (Phi) is 6.88. The molecule has 2 aliphatic heterocycles. The van der Waals surface area contributed by atoms with E-state index in [1.54, 1.807) is 4.90 Å². The predicted octanol–water partition coefficient (Wildman–Crippen LogP) is 5.60. The Hall–Kier alpha value is -3.16. The summed E-state index contributed by atoms with van der Waals surface area (Å²) in [7, 11) is 0. The van der Waals surface area contributed by atoms with Gasteiger partial charge < -0.3 is 10.1 Å². The first-order valence-corrected chi connectivity index (χ1v) is 12.9. The number of rotatable bonds is 6. The summed E-state index contributed by atoms with van der Waals surface area (Å²) >= 11 is 1.37. The number of hydrogen-bond acceptors (Lipinski definition) is 5. The maximum absolute atomic E-state index is 13.4. The molecule has 2 atom stereocenters. The van der Waals surface area contributed by atoms with E-state index in [2.05, 4.69) is 11.4 Å². The molecule has 0 aromatic heterocycles. The summed E-state index contributed by atoms with van der Waals surface area (Å²) < 4.78 is 5.79. The van der Waals surface area contributed by atoms with E-state index in [9.17, 15) is 9.59 Å². The number of carbonyl (C=O) groups excluding carboxylic acids is 2. The van der Waals surface area contributed by atoms with Crippen molar-refractivity contribution in [3.8, 4) is 0 Å². The van der Waals surface area contributed by atoms with Crippen LogP contribution in [0.5, 0.6) is 0 Å². The summed E-state index contributed by atoms with van der Waals surface area (Å²) in [6.07, 6.45) is 2.03. The minimum absolute atomic E-state index is 0.00849. The molecule has 1 N–H and O–H groups in total. The summed E-state index contributed by atoms with van der Waals surface area (Å²) in [6, 6.07) is 20.0. The first-order chi connectivity index (χ1) is 16.9. The van der Waals surface area contributed by atoms with Crippen molar-refractivity contribution < 1.29 is 14.3 Å². The molecule has 35 heavy (non-hydrogen) atoms. The van der Waals surface area contributed by atoms with Gasteiger partial charge >= 0.3 is 0 Å². The number of aryl methyl sites for hydroxylation is 2. The van der Waals surface area contributed by atoms with Gasteiger partial charge in [-0.05, 0) is 72.9 Å². The third kappa shape index (κ3) is 5.57. The van der Waals surface area contributed by atoms with Crippen LogP contribution >= 0.6 is 11.8 Å². The fourth-order valence-electron chi connectivity index (χ4n) is 4.66. The number of thioether (sulfide) groups is 1. The van der Waals surface area contributed by atoms with Crippen LogP contribution in [0.15, 0.2) is 65.7 Å². The van der Waals surface area contributed by atoms with Gasteiger partial charge in [0.05, 0.1) is 18.3 Å². The molecule has 2 heterocycles. The number of ether oxygens (including phenoxy) is 1. The van der Waals surface area contributed by atoms with E-state index in [0.717, 1.165) is 52.7 Å². The second-order valence-corrected chi connectivity index (χ2v) is 10.4. The van der Waals surface area contributed by atoms with Crippen molar-refractivity contribution in [3.05, 3.63) is 71.8 Å². The summed E-state index contributed by atoms with van der Waals surface area (Å²) in [5.74, 6) is -0.266. The number of nitrogens with zero attached hydrogens (tertiary/aromatic N) is 2. The number of amides is 2. The zero-order chi connectivity index (χ0) is 24.4. The van der Waals surface area contributed by atoms with Crippen molar-refractivity contribution in [1.29, 1.82) is 0 Å². The fourth-order valence-corrected chi connectivity index (χ4v) is 5.83. The average molecular weight is 488 g/mol. The standard InChI is InChI=1S/C28H29N3O3S/c1-18-12-19(2)14-23(13-18)30-28-31(17-24-8-5-11-34-24)27(33)25(35-28)16-26(32)29-22-10-9-20-6-3-4-7-21(20)15-22/h3-4,6-7,9-10,12-15,24-25H,5,8,11,16-17H2,1-2H3,(H,29,32). The van der Waals surface area contributed by atoms with Crippen LogP contribution in [0, 0.1) is 13.8 Å². The Morgan fingerprint density at radius 2 is 1.86 bits per heavy atom. The van der Waals surface area contributed by atoms with Crippen LogP contribution in [0.3, 0.4) is 0 Å². The maximum Gasteiger partial charge on any atom is 0.242 e. The summed E-state index contributed by atoms with van der Waals surface area (Å²) in [5, 5.41) is 5.26. The zero-order valence-corrected chi connectivity index (χ0v) is 20.8. The van der Waals surface area contributed by atoms with Crippen molar-refractivity contribution in [1.82, 2.24) is 4.90 Å². The normalized spacial score (nSPS) is 21.3. The number of fused-ring (bicyclic) bond motifs is 1. The fraction of sp³-hybridized carbons (Fsp3) is 0.321. The topological polar surface area (TPSA) is 71.0 Å². The summed E-state index contributed by atoms with van der Waals surface area (Å²) in [6.45, 7) is 5.26. The van der Waals surface area contributed by atoms with Gasteiger partial charge in [0.1, 0.15) is 5.25 Å². The average Bonchev–Trinajstić information content (AvgIpc) is 3.43. The molecule has 5 rings (SSSR count). The molecule has 3 aromatic rings. The van der Waals surface area contributed by atoms with E-state index in [1.807, 2.05) is 68.4 Å². The van der Waals surface area contributed by atoms with Crippen molar-refractivity contribution in [2.75, 3.05) is 18.5 Å². The second-order valence-electron chi connectivity index (χ2n) is 9.24. The first kappa shape index (κ1) is 23.6. The highest BCUT2D eigenvalue weighted by atomic mass is 32.2. The first-order valence-electron chi connectivity index (χ1n) is 12.0. The molecular formula is C28H29N3O3S. The molecule has 0 spiro atoms. The Labute approximate surface area is 209 Å². The van der Waals surface area contributed by atoms with E-state index >= 15 is 0 Å². The Balaban J connectivity index is 1.33. The number of carbonyl (C=O) groups is 2. The lowest BCUT2D eigenvalue weighted by molar-refractivity contribution is -0.129. The number of nitrogens with one attached hydrogen (secondary N) is 1. The van der Waals surface area contributed by atoms with Crippen molar-refractivity contribution in [2.24, 2.45) is 4.99 Å². The van der Waals surface area contributed by atoms with Crippen LogP contribution in [0.4, 0.5) is 11.4 Å². The molecule has 0 bridgehead atoms. The molecule has 2 aliphatic rings. The molecule has 0 saturated carbocycles. The van der Waals surface area contributed by atoms with Gasteiger partial charge in [-0.2, -0.15) is 0 Å². The Bertz CT molecular complexity index is 1280. The van der Waals surface area contributed by atoms with Crippen LogP contribution < -0.4 is 5.32 Å². The molecule has 2 unspecified atom stereocenters. The molecule has 2 saturated heterocycles. The van der Waals surface area contributed by atoms with Gasteiger partial charge in [-0.3, -0.25) is 14.5 Å². The molecule has 0 radical (unpaired) electrons. The highest BCUT2D eigenvalue weighted by Crippen LogP contribution is 2.33. The third-order valence-electron chi connectivity index (χ3n) is 6.27. The Morgan fingerprint density at radius 3 is 2.60 bits per heavy atom. The van der Waals surface area contributed by atoms with Gasteiger partial charge in [-0.25, -0.2) is 4.99 Å². The molecule has 2 amide bonds. The predicted molar refractivity (Wildman–Crippen MR) is 142 cm³/mol. The van der Waals surface area contributed by atoms with Gasteiger partial charge in [-0.15, -0.1) is 0 Å². The minimum atomic E-state index is -0.512. The number of aliphatic imine (C=N–C) groups is 1. The second kappa shape index (κ2) is 10.2. The van der Waals surface area contributed by atoms with Gasteiger partial charge in [0.2, 0.25) is 11.8 Å². The van der Waals surface area contributed by atoms with Crippen molar-refractivity contribution in [3.63, 3.8) is 0 Å². The van der Waals surface area contributed by atoms with Crippen LogP contribution in [-0.2, 0) is 14.3 Å². The van der Waals surface area contributed by atoms with Gasteiger partial charge in [0, 0.05) is 18.7 Å². The molecule has 2 fully saturated rings. The van der Waals surface area contributed by atoms with E-state index in [-0.39, 0.29) is 24.3 Å². The van der Waals surface area contributed by atoms with E-state index in [4.69, 9.17) is 9.73 Å². The lowest BCUT2D eigenvalue weighted by atomic mass is 10.1. The number of hydrogen-bond donors (Lipinski definition) is 1. The largest absolute Gasteiger partial charge is 0.376 e. The molecule has 3 aromatic carbocycles. The number of anilines is 1. The highest BCUT2D eigenvalue weighted by Gasteiger charge is 2.40. The van der Waals surface area contributed by atoms with Crippen molar-refractivity contribution >= 4 is 50.9 Å².